The average Bonchev–Trinajstić information content (AvgIpc) is 2.95. The Morgan fingerprint density at radius 2 is 1.67 bits per heavy atom. The van der Waals surface area contributed by atoms with Crippen LogP contribution < -0.4 is 5.32 Å². The smallest absolute Gasteiger partial charge is 0.0701 e. The van der Waals surface area contributed by atoms with E-state index in [1.807, 2.05) is 18.5 Å². The standard InChI is InChI=1S/C17H15BrN2S/c18-16-7-6-15(21-16)12-20-17(13-4-2-1-3-5-13)14-8-10-19-11-9-14/h1-11,17,20H,12H2. The lowest BCUT2D eigenvalue weighted by Crippen LogP contribution is -2.21. The van der Waals surface area contributed by atoms with Crippen LogP contribution in [0.3, 0.4) is 0 Å². The summed E-state index contributed by atoms with van der Waals surface area (Å²) in [4.78, 5) is 5.43. The van der Waals surface area contributed by atoms with E-state index in [9.17, 15) is 0 Å². The van der Waals surface area contributed by atoms with E-state index in [4.69, 9.17) is 0 Å². The largest absolute Gasteiger partial charge is 0.301 e. The predicted octanol–water partition coefficient (Wildman–Crippen LogP) is 4.78. The third-order valence-corrected chi connectivity index (χ3v) is 4.91. The highest BCUT2D eigenvalue weighted by Crippen LogP contribution is 2.25. The molecule has 106 valence electrons. The molecule has 0 fully saturated rings. The Morgan fingerprint density at radius 1 is 0.952 bits per heavy atom. The van der Waals surface area contributed by atoms with Crippen molar-refractivity contribution in [3.63, 3.8) is 0 Å². The molecule has 0 saturated heterocycles. The summed E-state index contributed by atoms with van der Waals surface area (Å²) < 4.78 is 1.17. The Bertz CT molecular complexity index is 643. The van der Waals surface area contributed by atoms with Crippen molar-refractivity contribution in [3.8, 4) is 0 Å². The van der Waals surface area contributed by atoms with Crippen LogP contribution in [0.2, 0.25) is 0 Å². The maximum absolute atomic E-state index is 4.11. The Balaban J connectivity index is 1.83. The van der Waals surface area contributed by atoms with Gasteiger partial charge in [-0.1, -0.05) is 30.3 Å². The lowest BCUT2D eigenvalue weighted by molar-refractivity contribution is 0.609. The SMILES string of the molecule is Brc1ccc(CNC(c2ccccc2)c2ccncc2)s1. The highest BCUT2D eigenvalue weighted by atomic mass is 79.9. The molecular formula is C17H15BrN2S. The molecule has 0 aliphatic heterocycles. The predicted molar refractivity (Wildman–Crippen MR) is 91.4 cm³/mol. The molecular weight excluding hydrogens is 344 g/mol. The van der Waals surface area contributed by atoms with Crippen molar-refractivity contribution in [2.75, 3.05) is 0 Å². The fourth-order valence-electron chi connectivity index (χ4n) is 2.28. The van der Waals surface area contributed by atoms with E-state index in [0.717, 1.165) is 6.54 Å². The van der Waals surface area contributed by atoms with Crippen molar-refractivity contribution >= 4 is 27.3 Å². The monoisotopic (exact) mass is 358 g/mol. The van der Waals surface area contributed by atoms with E-state index in [2.05, 4.69) is 74.8 Å². The fraction of sp³-hybridized carbons (Fsp3) is 0.118. The zero-order valence-electron chi connectivity index (χ0n) is 11.4. The Morgan fingerprint density at radius 3 is 2.33 bits per heavy atom. The second kappa shape index (κ2) is 6.98. The summed E-state index contributed by atoms with van der Waals surface area (Å²) >= 11 is 5.27. The molecule has 1 aromatic carbocycles. The minimum Gasteiger partial charge on any atom is -0.301 e. The van der Waals surface area contributed by atoms with Gasteiger partial charge in [-0.05, 0) is 51.3 Å². The van der Waals surface area contributed by atoms with Gasteiger partial charge in [0.2, 0.25) is 0 Å². The molecule has 2 heterocycles. The van der Waals surface area contributed by atoms with Gasteiger partial charge in [0.15, 0.2) is 0 Å². The molecule has 4 heteroatoms. The van der Waals surface area contributed by atoms with Gasteiger partial charge in [-0.25, -0.2) is 0 Å². The number of hydrogen-bond donors (Lipinski definition) is 1. The van der Waals surface area contributed by atoms with E-state index in [1.54, 1.807) is 11.3 Å². The summed E-state index contributed by atoms with van der Waals surface area (Å²) in [7, 11) is 0. The molecule has 2 aromatic heterocycles. The van der Waals surface area contributed by atoms with Crippen molar-refractivity contribution in [3.05, 3.63) is 86.8 Å². The number of nitrogens with zero attached hydrogens (tertiary/aromatic N) is 1. The molecule has 21 heavy (non-hydrogen) atoms. The molecule has 1 atom stereocenters. The first kappa shape index (κ1) is 14.4. The first-order valence-electron chi connectivity index (χ1n) is 6.75. The van der Waals surface area contributed by atoms with E-state index in [0.29, 0.717) is 0 Å². The number of aromatic nitrogens is 1. The molecule has 3 rings (SSSR count). The van der Waals surface area contributed by atoms with Gasteiger partial charge < -0.3 is 5.32 Å². The highest BCUT2D eigenvalue weighted by Gasteiger charge is 2.13. The number of rotatable bonds is 5. The van der Waals surface area contributed by atoms with Crippen LogP contribution in [-0.2, 0) is 6.54 Å². The summed E-state index contributed by atoms with van der Waals surface area (Å²) in [5, 5.41) is 3.64. The number of nitrogens with one attached hydrogen (secondary N) is 1. The Kier molecular flexibility index (Phi) is 4.80. The van der Waals surface area contributed by atoms with Gasteiger partial charge >= 0.3 is 0 Å². The minimum absolute atomic E-state index is 0.176. The molecule has 0 saturated carbocycles. The van der Waals surface area contributed by atoms with Crippen LogP contribution in [0.15, 0.2) is 70.8 Å². The van der Waals surface area contributed by atoms with Crippen molar-refractivity contribution in [1.29, 1.82) is 0 Å². The second-order valence-electron chi connectivity index (χ2n) is 4.71. The second-order valence-corrected chi connectivity index (χ2v) is 7.26. The maximum Gasteiger partial charge on any atom is 0.0701 e. The van der Waals surface area contributed by atoms with Crippen LogP contribution in [0.1, 0.15) is 22.0 Å². The van der Waals surface area contributed by atoms with Gasteiger partial charge in [-0.3, -0.25) is 4.98 Å². The highest BCUT2D eigenvalue weighted by molar-refractivity contribution is 9.11. The maximum atomic E-state index is 4.11. The van der Waals surface area contributed by atoms with Crippen LogP contribution >= 0.6 is 27.3 Å². The summed E-state index contributed by atoms with van der Waals surface area (Å²) in [6, 6.07) is 19.1. The van der Waals surface area contributed by atoms with E-state index in [-0.39, 0.29) is 6.04 Å². The summed E-state index contributed by atoms with van der Waals surface area (Å²) in [6.45, 7) is 0.845. The first-order valence-corrected chi connectivity index (χ1v) is 8.36. The van der Waals surface area contributed by atoms with E-state index in [1.165, 1.54) is 19.8 Å². The quantitative estimate of drug-likeness (QED) is 0.709. The van der Waals surface area contributed by atoms with Gasteiger partial charge in [0.1, 0.15) is 0 Å². The van der Waals surface area contributed by atoms with E-state index >= 15 is 0 Å². The van der Waals surface area contributed by atoms with Gasteiger partial charge in [0.25, 0.3) is 0 Å². The molecule has 0 aliphatic rings. The molecule has 0 spiro atoms. The summed E-state index contributed by atoms with van der Waals surface area (Å²) in [5.41, 5.74) is 2.49. The molecule has 3 aromatic rings. The molecule has 0 radical (unpaired) electrons. The molecule has 0 amide bonds. The van der Waals surface area contributed by atoms with Gasteiger partial charge in [0.05, 0.1) is 9.83 Å². The molecule has 2 nitrogen and oxygen atoms in total. The van der Waals surface area contributed by atoms with Crippen molar-refractivity contribution in [2.24, 2.45) is 0 Å². The number of halogens is 1. The van der Waals surface area contributed by atoms with Crippen LogP contribution in [0.4, 0.5) is 0 Å². The van der Waals surface area contributed by atoms with Crippen LogP contribution in [-0.4, -0.2) is 4.98 Å². The lowest BCUT2D eigenvalue weighted by Gasteiger charge is -2.19. The van der Waals surface area contributed by atoms with Crippen molar-refractivity contribution in [1.82, 2.24) is 10.3 Å². The van der Waals surface area contributed by atoms with Crippen LogP contribution in [0.5, 0.6) is 0 Å². The number of hydrogen-bond acceptors (Lipinski definition) is 3. The zero-order chi connectivity index (χ0) is 14.5. The minimum atomic E-state index is 0.176. The zero-order valence-corrected chi connectivity index (χ0v) is 13.8. The fourth-order valence-corrected chi connectivity index (χ4v) is 3.71. The average molecular weight is 359 g/mol. The third-order valence-electron chi connectivity index (χ3n) is 3.28. The number of thiophene rings is 1. The Hall–Kier alpha value is -1.49. The van der Waals surface area contributed by atoms with Gasteiger partial charge in [-0.15, -0.1) is 11.3 Å². The van der Waals surface area contributed by atoms with Crippen LogP contribution in [0, 0.1) is 0 Å². The summed E-state index contributed by atoms with van der Waals surface area (Å²) in [6.07, 6.45) is 3.68. The van der Waals surface area contributed by atoms with Crippen molar-refractivity contribution < 1.29 is 0 Å². The third kappa shape index (κ3) is 3.79. The molecule has 0 aliphatic carbocycles. The first-order chi connectivity index (χ1) is 10.3. The number of benzene rings is 1. The van der Waals surface area contributed by atoms with Crippen molar-refractivity contribution in [2.45, 2.75) is 12.6 Å². The van der Waals surface area contributed by atoms with Gasteiger partial charge in [0, 0.05) is 23.8 Å². The Labute approximate surface area is 137 Å². The lowest BCUT2D eigenvalue weighted by atomic mass is 10.00. The van der Waals surface area contributed by atoms with Crippen LogP contribution in [0.25, 0.3) is 0 Å². The van der Waals surface area contributed by atoms with Gasteiger partial charge in [-0.2, -0.15) is 0 Å². The normalized spacial score (nSPS) is 12.2. The topological polar surface area (TPSA) is 24.9 Å². The van der Waals surface area contributed by atoms with E-state index < -0.39 is 0 Å². The molecule has 1 unspecified atom stereocenters. The summed E-state index contributed by atoms with van der Waals surface area (Å²) in [5.74, 6) is 0. The molecule has 1 N–H and O–H groups in total. The number of pyridine rings is 1. The molecule has 0 bridgehead atoms.